The van der Waals surface area contributed by atoms with E-state index in [0.717, 1.165) is 0 Å². The Morgan fingerprint density at radius 2 is 2.04 bits per heavy atom. The number of hydrogen-bond acceptors (Lipinski definition) is 6. The lowest BCUT2D eigenvalue weighted by Crippen LogP contribution is -2.33. The van der Waals surface area contributed by atoms with E-state index < -0.39 is 17.8 Å². The maximum absolute atomic E-state index is 12.2. The van der Waals surface area contributed by atoms with E-state index in [0.29, 0.717) is 24.6 Å². The zero-order valence-electron chi connectivity index (χ0n) is 14.3. The minimum absolute atomic E-state index is 0.0438. The van der Waals surface area contributed by atoms with Crippen molar-refractivity contribution in [3.63, 3.8) is 0 Å². The number of methoxy groups -OCH3 is 2. The van der Waals surface area contributed by atoms with Crippen LogP contribution in [0.5, 0.6) is 5.75 Å². The van der Waals surface area contributed by atoms with Gasteiger partial charge < -0.3 is 24.4 Å². The molecule has 1 aliphatic heterocycles. The Morgan fingerprint density at radius 1 is 1.28 bits per heavy atom. The van der Waals surface area contributed by atoms with Gasteiger partial charge in [0.1, 0.15) is 5.75 Å². The molecule has 8 nitrogen and oxygen atoms in total. The number of hydrogen-bond donors (Lipinski definition) is 1. The number of nitrogens with one attached hydrogen (secondary N) is 1. The van der Waals surface area contributed by atoms with Gasteiger partial charge in [0.2, 0.25) is 5.91 Å². The molecular formula is C17H22N2O6. The molecular weight excluding hydrogens is 328 g/mol. The van der Waals surface area contributed by atoms with E-state index in [1.807, 2.05) is 0 Å². The second kappa shape index (κ2) is 9.03. The van der Waals surface area contributed by atoms with Crippen molar-refractivity contribution < 1.29 is 28.6 Å². The fourth-order valence-corrected chi connectivity index (χ4v) is 2.55. The Kier molecular flexibility index (Phi) is 6.76. The Bertz CT molecular complexity index is 633. The minimum atomic E-state index is -0.607. The molecule has 1 N–H and O–H groups in total. The second-order valence-electron chi connectivity index (χ2n) is 5.53. The molecule has 0 radical (unpaired) electrons. The van der Waals surface area contributed by atoms with Gasteiger partial charge in [0.05, 0.1) is 25.3 Å². The first kappa shape index (κ1) is 18.7. The highest BCUT2D eigenvalue weighted by molar-refractivity contribution is 6.00. The van der Waals surface area contributed by atoms with Gasteiger partial charge in [0.15, 0.2) is 6.61 Å². The fraction of sp³-hybridized carbons (Fsp3) is 0.471. The summed E-state index contributed by atoms with van der Waals surface area (Å²) in [5.41, 5.74) is 0.614. The van der Waals surface area contributed by atoms with Crippen molar-refractivity contribution in [1.82, 2.24) is 5.32 Å². The zero-order valence-corrected chi connectivity index (χ0v) is 14.3. The smallest absolute Gasteiger partial charge is 0.311 e. The third-order valence-corrected chi connectivity index (χ3v) is 3.81. The van der Waals surface area contributed by atoms with Gasteiger partial charge in [-0.15, -0.1) is 0 Å². The molecule has 0 aliphatic carbocycles. The molecule has 2 amide bonds. The highest BCUT2D eigenvalue weighted by Crippen LogP contribution is 2.32. The lowest BCUT2D eigenvalue weighted by molar-refractivity contribution is -0.152. The molecule has 0 bridgehead atoms. The summed E-state index contributed by atoms with van der Waals surface area (Å²) in [5, 5.41) is 2.55. The first-order valence-corrected chi connectivity index (χ1v) is 7.92. The van der Waals surface area contributed by atoms with E-state index in [1.165, 1.54) is 19.1 Å². The van der Waals surface area contributed by atoms with E-state index >= 15 is 0 Å². The molecule has 8 heteroatoms. The van der Waals surface area contributed by atoms with Gasteiger partial charge in [0, 0.05) is 26.6 Å². The number of anilines is 1. The molecule has 1 fully saturated rings. The lowest BCUT2D eigenvalue weighted by Gasteiger charge is -2.19. The largest absolute Gasteiger partial charge is 0.495 e. The Morgan fingerprint density at radius 3 is 2.76 bits per heavy atom. The van der Waals surface area contributed by atoms with Crippen molar-refractivity contribution >= 4 is 23.5 Å². The molecule has 1 heterocycles. The number of amides is 2. The Hall–Kier alpha value is -2.61. The summed E-state index contributed by atoms with van der Waals surface area (Å²) < 4.78 is 15.1. The van der Waals surface area contributed by atoms with Crippen molar-refractivity contribution in [2.45, 2.75) is 6.42 Å². The van der Waals surface area contributed by atoms with E-state index in [-0.39, 0.29) is 25.5 Å². The second-order valence-corrected chi connectivity index (χ2v) is 5.53. The van der Waals surface area contributed by atoms with E-state index in [9.17, 15) is 14.4 Å². The van der Waals surface area contributed by atoms with Crippen LogP contribution in [0.15, 0.2) is 24.3 Å². The number of rotatable bonds is 8. The van der Waals surface area contributed by atoms with Crippen molar-refractivity contribution in [1.29, 1.82) is 0 Å². The van der Waals surface area contributed by atoms with Crippen LogP contribution < -0.4 is 15.0 Å². The van der Waals surface area contributed by atoms with Gasteiger partial charge in [-0.25, -0.2) is 0 Å². The molecule has 1 aromatic rings. The number of carbonyl (C=O) groups is 3. The molecule has 0 saturated carbocycles. The summed E-state index contributed by atoms with van der Waals surface area (Å²) in [6.45, 7) is 0.548. The Labute approximate surface area is 146 Å². The topological polar surface area (TPSA) is 94.2 Å². The van der Waals surface area contributed by atoms with Gasteiger partial charge in [-0.1, -0.05) is 12.1 Å². The van der Waals surface area contributed by atoms with E-state index in [1.54, 1.807) is 24.3 Å². The van der Waals surface area contributed by atoms with Gasteiger partial charge in [-0.05, 0) is 12.1 Å². The predicted molar refractivity (Wildman–Crippen MR) is 89.3 cm³/mol. The van der Waals surface area contributed by atoms with Crippen LogP contribution in [0.1, 0.15) is 6.42 Å². The summed E-state index contributed by atoms with van der Waals surface area (Å²) in [6.07, 6.45) is 0.0438. The van der Waals surface area contributed by atoms with Crippen LogP contribution in [0.25, 0.3) is 0 Å². The standard InChI is InChI=1S/C17H22N2O6/c1-23-8-7-18-15(20)11-25-17(22)12-9-16(21)19(10-12)13-5-3-4-6-14(13)24-2/h3-6,12H,7-11H2,1-2H3,(H,18,20)/t12-/m1/s1. The van der Waals surface area contributed by atoms with Gasteiger partial charge >= 0.3 is 5.97 Å². The van der Waals surface area contributed by atoms with Gasteiger partial charge in [-0.3, -0.25) is 14.4 Å². The van der Waals surface area contributed by atoms with Crippen LogP contribution >= 0.6 is 0 Å². The summed E-state index contributed by atoms with van der Waals surface area (Å²) >= 11 is 0. The molecule has 136 valence electrons. The van der Waals surface area contributed by atoms with Gasteiger partial charge in [-0.2, -0.15) is 0 Å². The van der Waals surface area contributed by atoms with Crippen LogP contribution in [0, 0.1) is 5.92 Å². The van der Waals surface area contributed by atoms with Crippen molar-refractivity contribution in [3.05, 3.63) is 24.3 Å². The first-order chi connectivity index (χ1) is 12.1. The predicted octanol–water partition coefficient (Wildman–Crippen LogP) is 0.354. The van der Waals surface area contributed by atoms with Crippen LogP contribution in [-0.2, 0) is 23.9 Å². The molecule has 0 aromatic heterocycles. The average Bonchev–Trinajstić information content (AvgIpc) is 3.01. The number of ether oxygens (including phenoxy) is 3. The van der Waals surface area contributed by atoms with E-state index in [4.69, 9.17) is 14.2 Å². The number of carbonyl (C=O) groups excluding carboxylic acids is 3. The van der Waals surface area contributed by atoms with Crippen LogP contribution in [0.3, 0.4) is 0 Å². The summed E-state index contributed by atoms with van der Waals surface area (Å²) in [4.78, 5) is 37.4. The molecule has 1 saturated heterocycles. The first-order valence-electron chi connectivity index (χ1n) is 7.92. The molecule has 1 atom stereocenters. The van der Waals surface area contributed by atoms with E-state index in [2.05, 4.69) is 5.32 Å². The molecule has 1 aliphatic rings. The van der Waals surface area contributed by atoms with Crippen LogP contribution in [0.4, 0.5) is 5.69 Å². The molecule has 1 aromatic carbocycles. The maximum atomic E-state index is 12.2. The lowest BCUT2D eigenvalue weighted by atomic mass is 10.1. The third-order valence-electron chi connectivity index (χ3n) is 3.81. The number of esters is 1. The number of benzene rings is 1. The third kappa shape index (κ3) is 4.93. The number of para-hydroxylation sites is 2. The molecule has 2 rings (SSSR count). The van der Waals surface area contributed by atoms with Crippen LogP contribution in [-0.4, -0.2) is 58.3 Å². The molecule has 25 heavy (non-hydrogen) atoms. The zero-order chi connectivity index (χ0) is 18.2. The SMILES string of the molecule is COCCNC(=O)COC(=O)[C@@H]1CC(=O)N(c2ccccc2OC)C1. The fourth-order valence-electron chi connectivity index (χ4n) is 2.55. The summed E-state index contributed by atoms with van der Waals surface area (Å²) in [7, 11) is 3.05. The normalized spacial score (nSPS) is 16.6. The van der Waals surface area contributed by atoms with Crippen molar-refractivity contribution in [3.8, 4) is 5.75 Å². The average molecular weight is 350 g/mol. The summed E-state index contributed by atoms with van der Waals surface area (Å²) in [6, 6.07) is 7.10. The quantitative estimate of drug-likeness (QED) is 0.537. The Balaban J connectivity index is 1.89. The maximum Gasteiger partial charge on any atom is 0.311 e. The summed E-state index contributed by atoms with van der Waals surface area (Å²) in [5.74, 6) is -1.20. The highest BCUT2D eigenvalue weighted by atomic mass is 16.5. The van der Waals surface area contributed by atoms with Crippen molar-refractivity contribution in [2.75, 3.05) is 45.4 Å². The molecule has 0 unspecified atom stereocenters. The monoisotopic (exact) mass is 350 g/mol. The molecule has 0 spiro atoms. The van der Waals surface area contributed by atoms with Crippen molar-refractivity contribution in [2.24, 2.45) is 5.92 Å². The number of nitrogens with zero attached hydrogens (tertiary/aromatic N) is 1. The van der Waals surface area contributed by atoms with Crippen LogP contribution in [0.2, 0.25) is 0 Å². The minimum Gasteiger partial charge on any atom is -0.495 e. The van der Waals surface area contributed by atoms with Gasteiger partial charge in [0.25, 0.3) is 5.91 Å². The highest BCUT2D eigenvalue weighted by Gasteiger charge is 2.37.